The molecular weight excluding hydrogens is 222 g/mol. The minimum Gasteiger partial charge on any atom is -0.492 e. The lowest BCUT2D eigenvalue weighted by atomic mass is 10.1. The van der Waals surface area contributed by atoms with Crippen LogP contribution in [0.25, 0.3) is 0 Å². The van der Waals surface area contributed by atoms with Crippen molar-refractivity contribution < 1.29 is 19.0 Å². The van der Waals surface area contributed by atoms with Gasteiger partial charge in [-0.15, -0.1) is 0 Å². The van der Waals surface area contributed by atoms with Crippen LogP contribution in [0.2, 0.25) is 0 Å². The number of nitrogens with two attached hydrogens (primary N) is 1. The van der Waals surface area contributed by atoms with Crippen LogP contribution in [-0.2, 0) is 16.1 Å². The molecular formula is C12H17NO4. The monoisotopic (exact) mass is 239 g/mol. The first-order valence-corrected chi connectivity index (χ1v) is 5.25. The Morgan fingerprint density at radius 3 is 2.65 bits per heavy atom. The number of esters is 1. The van der Waals surface area contributed by atoms with Gasteiger partial charge in [0.2, 0.25) is 0 Å². The summed E-state index contributed by atoms with van der Waals surface area (Å²) in [6, 6.07) is 5.15. The second-order valence-corrected chi connectivity index (χ2v) is 3.43. The minimum atomic E-state index is -0.402. The maximum Gasteiger partial charge on any atom is 0.337 e. The van der Waals surface area contributed by atoms with E-state index in [9.17, 15) is 4.79 Å². The van der Waals surface area contributed by atoms with Gasteiger partial charge in [0.15, 0.2) is 0 Å². The van der Waals surface area contributed by atoms with Crippen molar-refractivity contribution in [3.05, 3.63) is 29.3 Å². The predicted octanol–water partition coefficient (Wildman–Crippen LogP) is 0.957. The zero-order valence-corrected chi connectivity index (χ0v) is 10.1. The molecule has 0 fully saturated rings. The van der Waals surface area contributed by atoms with Gasteiger partial charge in [-0.1, -0.05) is 0 Å². The number of benzene rings is 1. The van der Waals surface area contributed by atoms with Crippen LogP contribution < -0.4 is 10.5 Å². The second-order valence-electron chi connectivity index (χ2n) is 3.43. The smallest absolute Gasteiger partial charge is 0.337 e. The highest BCUT2D eigenvalue weighted by Gasteiger charge is 2.09. The van der Waals surface area contributed by atoms with Crippen molar-refractivity contribution in [1.82, 2.24) is 0 Å². The molecule has 0 saturated carbocycles. The molecule has 0 aliphatic rings. The van der Waals surface area contributed by atoms with E-state index in [2.05, 4.69) is 4.74 Å². The Labute approximate surface area is 100 Å². The van der Waals surface area contributed by atoms with Crippen LogP contribution in [0.4, 0.5) is 0 Å². The van der Waals surface area contributed by atoms with Crippen molar-refractivity contribution in [2.24, 2.45) is 5.73 Å². The highest BCUT2D eigenvalue weighted by atomic mass is 16.5. The van der Waals surface area contributed by atoms with Gasteiger partial charge in [-0.2, -0.15) is 0 Å². The number of carbonyl (C=O) groups excluding carboxylic acids is 1. The second kappa shape index (κ2) is 6.88. The van der Waals surface area contributed by atoms with E-state index in [0.29, 0.717) is 31.1 Å². The van der Waals surface area contributed by atoms with E-state index in [4.69, 9.17) is 15.2 Å². The van der Waals surface area contributed by atoms with E-state index in [-0.39, 0.29) is 0 Å². The van der Waals surface area contributed by atoms with Crippen LogP contribution in [0, 0.1) is 0 Å². The summed E-state index contributed by atoms with van der Waals surface area (Å²) in [5.74, 6) is 0.186. The van der Waals surface area contributed by atoms with Crippen molar-refractivity contribution in [2.75, 3.05) is 27.4 Å². The zero-order valence-electron chi connectivity index (χ0n) is 10.1. The Bertz CT molecular complexity index is 379. The number of rotatable bonds is 6. The molecule has 0 spiro atoms. The molecule has 0 saturated heterocycles. The first-order chi connectivity index (χ1) is 8.21. The van der Waals surface area contributed by atoms with E-state index in [1.54, 1.807) is 19.2 Å². The molecule has 0 radical (unpaired) electrons. The summed E-state index contributed by atoms with van der Waals surface area (Å²) in [6.45, 7) is 1.23. The molecule has 5 heteroatoms. The topological polar surface area (TPSA) is 70.8 Å². The van der Waals surface area contributed by atoms with E-state index in [1.807, 2.05) is 6.07 Å². The number of hydrogen-bond acceptors (Lipinski definition) is 5. The molecule has 0 aliphatic heterocycles. The predicted molar refractivity (Wildman–Crippen MR) is 63.0 cm³/mol. The first kappa shape index (κ1) is 13.5. The van der Waals surface area contributed by atoms with Crippen LogP contribution in [-0.4, -0.2) is 33.3 Å². The first-order valence-electron chi connectivity index (χ1n) is 5.25. The molecule has 5 nitrogen and oxygen atoms in total. The van der Waals surface area contributed by atoms with Crippen LogP contribution in [0.3, 0.4) is 0 Å². The molecule has 94 valence electrons. The molecule has 0 bridgehead atoms. The summed E-state index contributed by atoms with van der Waals surface area (Å²) in [6.07, 6.45) is 0. The summed E-state index contributed by atoms with van der Waals surface area (Å²) in [5.41, 5.74) is 6.64. The van der Waals surface area contributed by atoms with Gasteiger partial charge in [0, 0.05) is 13.7 Å². The molecule has 0 atom stereocenters. The third-order valence-corrected chi connectivity index (χ3v) is 2.08. The average Bonchev–Trinajstić information content (AvgIpc) is 2.35. The Kier molecular flexibility index (Phi) is 5.45. The van der Waals surface area contributed by atoms with Gasteiger partial charge >= 0.3 is 5.97 Å². The summed E-state index contributed by atoms with van der Waals surface area (Å²) >= 11 is 0. The SMILES string of the molecule is COCc1cc(OCCN)cc(C(=O)OC)c1. The number of ether oxygens (including phenoxy) is 3. The van der Waals surface area contributed by atoms with E-state index < -0.39 is 5.97 Å². The highest BCUT2D eigenvalue weighted by Crippen LogP contribution is 2.18. The lowest BCUT2D eigenvalue weighted by Crippen LogP contribution is -2.11. The third-order valence-electron chi connectivity index (χ3n) is 2.08. The minimum absolute atomic E-state index is 0.400. The molecule has 1 aromatic rings. The number of hydrogen-bond donors (Lipinski definition) is 1. The Morgan fingerprint density at radius 2 is 2.06 bits per heavy atom. The van der Waals surface area contributed by atoms with Gasteiger partial charge in [0.05, 0.1) is 19.3 Å². The molecule has 2 N–H and O–H groups in total. The highest BCUT2D eigenvalue weighted by molar-refractivity contribution is 5.90. The van der Waals surface area contributed by atoms with Gasteiger partial charge in [0.1, 0.15) is 12.4 Å². The quantitative estimate of drug-likeness (QED) is 0.748. The molecule has 1 rings (SSSR count). The van der Waals surface area contributed by atoms with Gasteiger partial charge in [-0.25, -0.2) is 4.79 Å². The molecule has 0 unspecified atom stereocenters. The number of carbonyl (C=O) groups is 1. The fraction of sp³-hybridized carbons (Fsp3) is 0.417. The Balaban J connectivity index is 2.96. The lowest BCUT2D eigenvalue weighted by Gasteiger charge is -2.09. The van der Waals surface area contributed by atoms with E-state index >= 15 is 0 Å². The molecule has 0 amide bonds. The fourth-order valence-electron chi connectivity index (χ4n) is 1.41. The molecule has 1 aromatic carbocycles. The van der Waals surface area contributed by atoms with Crippen molar-refractivity contribution in [2.45, 2.75) is 6.61 Å². The van der Waals surface area contributed by atoms with Gasteiger partial charge in [-0.3, -0.25) is 0 Å². The van der Waals surface area contributed by atoms with Gasteiger partial charge in [0.25, 0.3) is 0 Å². The van der Waals surface area contributed by atoms with Crippen molar-refractivity contribution in [1.29, 1.82) is 0 Å². The molecule has 0 aromatic heterocycles. The number of methoxy groups -OCH3 is 2. The third kappa shape index (κ3) is 4.05. The van der Waals surface area contributed by atoms with Crippen molar-refractivity contribution in [3.63, 3.8) is 0 Å². The zero-order chi connectivity index (χ0) is 12.7. The van der Waals surface area contributed by atoms with Gasteiger partial charge < -0.3 is 19.9 Å². The van der Waals surface area contributed by atoms with Crippen molar-refractivity contribution >= 4 is 5.97 Å². The maximum atomic E-state index is 11.5. The van der Waals surface area contributed by atoms with Crippen LogP contribution in [0.1, 0.15) is 15.9 Å². The normalized spacial score (nSPS) is 10.1. The maximum absolute atomic E-state index is 11.5. The van der Waals surface area contributed by atoms with Crippen molar-refractivity contribution in [3.8, 4) is 5.75 Å². The summed E-state index contributed by atoms with van der Waals surface area (Å²) in [7, 11) is 2.93. The lowest BCUT2D eigenvalue weighted by molar-refractivity contribution is 0.0600. The molecule has 17 heavy (non-hydrogen) atoms. The Morgan fingerprint density at radius 1 is 1.29 bits per heavy atom. The summed E-state index contributed by atoms with van der Waals surface area (Å²) in [4.78, 5) is 11.5. The summed E-state index contributed by atoms with van der Waals surface area (Å²) < 4.78 is 15.1. The van der Waals surface area contributed by atoms with E-state index in [0.717, 1.165) is 5.56 Å². The van der Waals surface area contributed by atoms with Crippen LogP contribution in [0.15, 0.2) is 18.2 Å². The average molecular weight is 239 g/mol. The molecule has 0 heterocycles. The molecule has 0 aliphatic carbocycles. The standard InChI is InChI=1S/C12H17NO4/c1-15-8-9-5-10(12(14)16-2)7-11(6-9)17-4-3-13/h5-7H,3-4,8,13H2,1-2H3. The van der Waals surface area contributed by atoms with Crippen LogP contribution in [0.5, 0.6) is 5.75 Å². The van der Waals surface area contributed by atoms with Crippen LogP contribution >= 0.6 is 0 Å². The largest absolute Gasteiger partial charge is 0.492 e. The van der Waals surface area contributed by atoms with E-state index in [1.165, 1.54) is 7.11 Å². The Hall–Kier alpha value is -1.59. The van der Waals surface area contributed by atoms with Gasteiger partial charge in [-0.05, 0) is 23.8 Å². The fourth-order valence-corrected chi connectivity index (χ4v) is 1.41. The summed E-state index contributed by atoms with van der Waals surface area (Å²) in [5, 5.41) is 0.